The van der Waals surface area contributed by atoms with E-state index in [-0.39, 0.29) is 0 Å². The zero-order valence-corrected chi connectivity index (χ0v) is 17.0. The Morgan fingerprint density at radius 2 is 1.48 bits per heavy atom. The Morgan fingerprint density at radius 1 is 0.935 bits per heavy atom. The number of aromatic carboxylic acids is 1. The number of rotatable bonds is 7. The molecule has 0 bridgehead atoms. The van der Waals surface area contributed by atoms with Crippen molar-refractivity contribution < 1.29 is 52.8 Å². The van der Waals surface area contributed by atoms with E-state index in [4.69, 9.17) is 28.8 Å². The summed E-state index contributed by atoms with van der Waals surface area (Å²) in [6, 6.07) is 0. The Kier molecular flexibility index (Phi) is 7.63. The quantitative estimate of drug-likeness (QED) is 0.410. The second-order valence-electron chi connectivity index (χ2n) is 6.48. The van der Waals surface area contributed by atoms with Crippen molar-refractivity contribution in [2.75, 3.05) is 6.61 Å². The number of nitrogens with zero attached hydrogens (tertiary/aromatic N) is 3. The fourth-order valence-electron chi connectivity index (χ4n) is 2.92. The zero-order chi connectivity index (χ0) is 23.3. The number of carboxylic acids is 1. The van der Waals surface area contributed by atoms with E-state index in [1.165, 1.54) is 0 Å². The molecule has 14 heteroatoms. The first-order valence-corrected chi connectivity index (χ1v) is 8.95. The van der Waals surface area contributed by atoms with Crippen molar-refractivity contribution in [2.45, 2.75) is 58.3 Å². The molecule has 1 aromatic rings. The Balaban J connectivity index is 2.53. The SMILES string of the molecule is CC(=O)OC[C@H]1O[C@@H](n2cc(C(=O)O)nn2)[C@H](OC(C)=O)[C@@H](OC(C)=O)[C@@H]1OC(C)=O. The number of ether oxygens (including phenoxy) is 5. The van der Waals surface area contributed by atoms with E-state index in [1.807, 2.05) is 0 Å². The van der Waals surface area contributed by atoms with E-state index in [9.17, 15) is 24.0 Å². The molecule has 0 amide bonds. The molecule has 1 aliphatic rings. The van der Waals surface area contributed by atoms with Crippen LogP contribution in [0, 0.1) is 0 Å². The number of hydrogen-bond acceptors (Lipinski definition) is 12. The number of hydrogen-bond donors (Lipinski definition) is 1. The van der Waals surface area contributed by atoms with Gasteiger partial charge in [-0.05, 0) is 0 Å². The Morgan fingerprint density at radius 3 is 1.97 bits per heavy atom. The average Bonchev–Trinajstić information content (AvgIpc) is 3.12. The average molecular weight is 443 g/mol. The lowest BCUT2D eigenvalue weighted by Crippen LogP contribution is -2.60. The topological polar surface area (TPSA) is 182 Å². The molecule has 2 heterocycles. The van der Waals surface area contributed by atoms with Gasteiger partial charge < -0.3 is 28.8 Å². The van der Waals surface area contributed by atoms with E-state index < -0.39 is 72.8 Å². The molecule has 0 saturated carbocycles. The van der Waals surface area contributed by atoms with Gasteiger partial charge in [-0.3, -0.25) is 19.2 Å². The van der Waals surface area contributed by atoms with Gasteiger partial charge in [0.05, 0.1) is 6.20 Å². The van der Waals surface area contributed by atoms with Crippen LogP contribution < -0.4 is 0 Å². The van der Waals surface area contributed by atoms with Gasteiger partial charge in [0.2, 0.25) is 0 Å². The minimum Gasteiger partial charge on any atom is -0.476 e. The van der Waals surface area contributed by atoms with Crippen LogP contribution in [0.15, 0.2) is 6.20 Å². The molecule has 0 spiro atoms. The van der Waals surface area contributed by atoms with Gasteiger partial charge in [0.25, 0.3) is 0 Å². The minimum atomic E-state index is -1.41. The highest BCUT2D eigenvalue weighted by Gasteiger charge is 2.53. The smallest absolute Gasteiger partial charge is 0.358 e. The van der Waals surface area contributed by atoms with Gasteiger partial charge in [0.1, 0.15) is 12.7 Å². The van der Waals surface area contributed by atoms with Crippen LogP contribution in [0.3, 0.4) is 0 Å². The fourth-order valence-corrected chi connectivity index (χ4v) is 2.92. The van der Waals surface area contributed by atoms with Gasteiger partial charge >= 0.3 is 29.8 Å². The Bertz CT molecular complexity index is 867. The lowest BCUT2D eigenvalue weighted by molar-refractivity contribution is -0.270. The van der Waals surface area contributed by atoms with E-state index in [1.54, 1.807) is 0 Å². The number of aromatic nitrogens is 3. The Labute approximate surface area is 175 Å². The molecule has 0 radical (unpaired) electrons. The third-order valence-electron chi connectivity index (χ3n) is 3.96. The van der Waals surface area contributed by atoms with Crippen LogP contribution in [-0.4, -0.2) is 81.0 Å². The van der Waals surface area contributed by atoms with E-state index >= 15 is 0 Å². The largest absolute Gasteiger partial charge is 0.476 e. The first-order valence-electron chi connectivity index (χ1n) is 8.95. The van der Waals surface area contributed by atoms with Crippen molar-refractivity contribution >= 4 is 29.8 Å². The van der Waals surface area contributed by atoms with Crippen LogP contribution in [0.4, 0.5) is 0 Å². The van der Waals surface area contributed by atoms with Gasteiger partial charge in [0.15, 0.2) is 30.2 Å². The van der Waals surface area contributed by atoms with E-state index in [0.717, 1.165) is 38.6 Å². The zero-order valence-electron chi connectivity index (χ0n) is 17.0. The summed E-state index contributed by atoms with van der Waals surface area (Å²) in [5, 5.41) is 16.2. The van der Waals surface area contributed by atoms with Crippen molar-refractivity contribution in [2.24, 2.45) is 0 Å². The maximum Gasteiger partial charge on any atom is 0.358 e. The predicted molar refractivity (Wildman–Crippen MR) is 94.2 cm³/mol. The highest BCUT2D eigenvalue weighted by Crippen LogP contribution is 2.34. The van der Waals surface area contributed by atoms with Gasteiger partial charge in [-0.25, -0.2) is 9.48 Å². The highest BCUT2D eigenvalue weighted by atomic mass is 16.7. The highest BCUT2D eigenvalue weighted by molar-refractivity contribution is 5.84. The second kappa shape index (κ2) is 9.97. The standard InChI is InChI=1S/C17H21N3O11/c1-7(21)27-6-12-13(28-8(2)22)14(29-9(3)23)15(30-10(4)24)16(31-12)20-5-11(17(25)26)18-19-20/h5,12-16H,6H2,1-4H3,(H,25,26)/t12-,13-,14+,15-,16-/m1/s1. The predicted octanol–water partition coefficient (Wildman–Crippen LogP) is -0.768. The molecule has 0 aliphatic carbocycles. The molecule has 5 atom stereocenters. The van der Waals surface area contributed by atoms with Crippen LogP contribution in [0.2, 0.25) is 0 Å². The van der Waals surface area contributed by atoms with Crippen molar-refractivity contribution in [3.8, 4) is 0 Å². The maximum atomic E-state index is 11.7. The summed E-state index contributed by atoms with van der Waals surface area (Å²) in [6.45, 7) is 3.98. The summed E-state index contributed by atoms with van der Waals surface area (Å²) in [5.74, 6) is -4.41. The first-order chi connectivity index (χ1) is 14.5. The molecular formula is C17H21N3O11. The van der Waals surface area contributed by atoms with Crippen molar-refractivity contribution in [1.82, 2.24) is 15.0 Å². The monoisotopic (exact) mass is 443 g/mol. The molecule has 2 rings (SSSR count). The molecule has 1 aliphatic heterocycles. The molecule has 1 aromatic heterocycles. The first kappa shape index (κ1) is 23.7. The molecule has 1 saturated heterocycles. The second-order valence-corrected chi connectivity index (χ2v) is 6.48. The summed E-state index contributed by atoms with van der Waals surface area (Å²) >= 11 is 0. The molecule has 1 N–H and O–H groups in total. The molecule has 0 unspecified atom stereocenters. The summed E-state index contributed by atoms with van der Waals surface area (Å²) < 4.78 is 27.4. The normalized spacial score (nSPS) is 25.2. The summed E-state index contributed by atoms with van der Waals surface area (Å²) in [7, 11) is 0. The van der Waals surface area contributed by atoms with Gasteiger partial charge in [0, 0.05) is 27.7 Å². The number of esters is 4. The number of carboxylic acid groups (broad SMARTS) is 1. The number of carbonyl (C=O) groups excluding carboxylic acids is 4. The van der Waals surface area contributed by atoms with Gasteiger partial charge in [-0.15, -0.1) is 5.10 Å². The van der Waals surface area contributed by atoms with Crippen LogP contribution in [-0.2, 0) is 42.9 Å². The number of carbonyl (C=O) groups is 5. The summed E-state index contributed by atoms with van der Waals surface area (Å²) in [5.41, 5.74) is -0.437. The van der Waals surface area contributed by atoms with Crippen LogP contribution in [0.25, 0.3) is 0 Å². The lowest BCUT2D eigenvalue weighted by Gasteiger charge is -2.44. The third-order valence-corrected chi connectivity index (χ3v) is 3.96. The molecule has 1 fully saturated rings. The molecule has 14 nitrogen and oxygen atoms in total. The van der Waals surface area contributed by atoms with Crippen LogP contribution in [0.1, 0.15) is 44.4 Å². The molecule has 31 heavy (non-hydrogen) atoms. The summed E-state index contributed by atoms with van der Waals surface area (Å²) in [4.78, 5) is 57.6. The van der Waals surface area contributed by atoms with Crippen molar-refractivity contribution in [1.29, 1.82) is 0 Å². The van der Waals surface area contributed by atoms with Crippen molar-refractivity contribution in [3.05, 3.63) is 11.9 Å². The van der Waals surface area contributed by atoms with E-state index in [0.29, 0.717) is 0 Å². The Hall–Kier alpha value is -3.55. The van der Waals surface area contributed by atoms with Crippen LogP contribution in [0.5, 0.6) is 0 Å². The maximum absolute atomic E-state index is 11.7. The summed E-state index contributed by atoms with van der Waals surface area (Å²) in [6.07, 6.45) is -5.69. The third kappa shape index (κ3) is 6.21. The van der Waals surface area contributed by atoms with Gasteiger partial charge in [-0.2, -0.15) is 0 Å². The fraction of sp³-hybridized carbons (Fsp3) is 0.588. The molecule has 0 aromatic carbocycles. The lowest BCUT2D eigenvalue weighted by atomic mass is 9.97. The van der Waals surface area contributed by atoms with Gasteiger partial charge in [-0.1, -0.05) is 5.21 Å². The van der Waals surface area contributed by atoms with Crippen molar-refractivity contribution in [3.63, 3.8) is 0 Å². The molecular weight excluding hydrogens is 422 g/mol. The molecule has 170 valence electrons. The van der Waals surface area contributed by atoms with E-state index in [2.05, 4.69) is 10.3 Å². The van der Waals surface area contributed by atoms with Crippen LogP contribution >= 0.6 is 0 Å². The minimum absolute atomic E-state index is 0.422.